The molecule has 2 aromatic carbocycles. The average molecular weight is 354 g/mol. The molecule has 0 saturated carbocycles. The molecule has 0 aromatic heterocycles. The van der Waals surface area contributed by atoms with Crippen molar-refractivity contribution >= 4 is 46.2 Å². The zero-order valence-corrected chi connectivity index (χ0v) is 13.6. The van der Waals surface area contributed by atoms with Crippen LogP contribution in [-0.4, -0.2) is 24.4 Å². The van der Waals surface area contributed by atoms with E-state index < -0.39 is 4.92 Å². The Bertz CT molecular complexity index is 732. The molecule has 120 valence electrons. The number of carbonyl (C=O) groups is 1. The smallest absolute Gasteiger partial charge is 0.292 e. The van der Waals surface area contributed by atoms with E-state index in [0.29, 0.717) is 21.4 Å². The summed E-state index contributed by atoms with van der Waals surface area (Å²) in [5.41, 5.74) is 0.591. The fraction of sp³-hybridized carbons (Fsp3) is 0.133. The van der Waals surface area contributed by atoms with E-state index in [-0.39, 0.29) is 18.1 Å². The van der Waals surface area contributed by atoms with E-state index in [1.54, 1.807) is 43.4 Å². The number of hydrogen-bond donors (Lipinski definition) is 1. The van der Waals surface area contributed by atoms with Gasteiger partial charge in [-0.25, -0.2) is 0 Å². The third kappa shape index (κ3) is 4.12. The minimum Gasteiger partial charge on any atom is -0.360 e. The van der Waals surface area contributed by atoms with Crippen LogP contribution in [-0.2, 0) is 4.79 Å². The number of nitrogens with one attached hydrogen (secondary N) is 1. The molecule has 23 heavy (non-hydrogen) atoms. The summed E-state index contributed by atoms with van der Waals surface area (Å²) in [6.07, 6.45) is 0. The average Bonchev–Trinajstić information content (AvgIpc) is 2.51. The van der Waals surface area contributed by atoms with Gasteiger partial charge in [0.1, 0.15) is 5.69 Å². The molecule has 0 aliphatic rings. The second-order valence-corrected chi connectivity index (χ2v) is 5.56. The molecule has 0 aliphatic heterocycles. The van der Waals surface area contributed by atoms with E-state index in [0.717, 1.165) is 0 Å². The number of nitro groups is 1. The molecule has 0 bridgehead atoms. The van der Waals surface area contributed by atoms with Crippen molar-refractivity contribution in [1.82, 2.24) is 0 Å². The number of carbonyl (C=O) groups excluding carboxylic acids is 1. The SMILES string of the molecule is CN(CC(=O)Nc1c(Cl)cccc1Cl)c1ccccc1[N+](=O)[O-]. The molecule has 0 saturated heterocycles. The van der Waals surface area contributed by atoms with Crippen LogP contribution < -0.4 is 10.2 Å². The van der Waals surface area contributed by atoms with Gasteiger partial charge in [-0.3, -0.25) is 14.9 Å². The highest BCUT2D eigenvalue weighted by molar-refractivity contribution is 6.39. The first-order valence-electron chi connectivity index (χ1n) is 6.58. The number of nitrogens with zero attached hydrogens (tertiary/aromatic N) is 2. The first-order chi connectivity index (χ1) is 10.9. The van der Waals surface area contributed by atoms with Gasteiger partial charge in [-0.05, 0) is 18.2 Å². The third-order valence-electron chi connectivity index (χ3n) is 3.10. The largest absolute Gasteiger partial charge is 0.360 e. The number of benzene rings is 2. The zero-order valence-electron chi connectivity index (χ0n) is 12.1. The maximum absolute atomic E-state index is 12.1. The van der Waals surface area contributed by atoms with E-state index in [9.17, 15) is 14.9 Å². The molecule has 0 unspecified atom stereocenters. The summed E-state index contributed by atoms with van der Waals surface area (Å²) in [6, 6.07) is 11.1. The molecule has 0 heterocycles. The van der Waals surface area contributed by atoms with Gasteiger partial charge in [-0.2, -0.15) is 0 Å². The van der Waals surface area contributed by atoms with Crippen LogP contribution in [0.25, 0.3) is 0 Å². The van der Waals surface area contributed by atoms with E-state index in [1.807, 2.05) is 0 Å². The third-order valence-corrected chi connectivity index (χ3v) is 3.73. The highest BCUT2D eigenvalue weighted by Gasteiger charge is 2.18. The monoisotopic (exact) mass is 353 g/mol. The number of likely N-dealkylation sites (N-methyl/N-ethyl adjacent to an activating group) is 1. The lowest BCUT2D eigenvalue weighted by molar-refractivity contribution is -0.384. The molecular weight excluding hydrogens is 341 g/mol. The second-order valence-electron chi connectivity index (χ2n) is 4.75. The lowest BCUT2D eigenvalue weighted by Gasteiger charge is -2.19. The van der Waals surface area contributed by atoms with E-state index in [2.05, 4.69) is 5.32 Å². The summed E-state index contributed by atoms with van der Waals surface area (Å²) in [5, 5.41) is 14.3. The number of amides is 1. The molecule has 0 atom stereocenters. The number of hydrogen-bond acceptors (Lipinski definition) is 4. The molecule has 2 rings (SSSR count). The summed E-state index contributed by atoms with van der Waals surface area (Å²) in [6.45, 7) is -0.0909. The topological polar surface area (TPSA) is 75.5 Å². The van der Waals surface area contributed by atoms with Crippen molar-refractivity contribution in [3.05, 3.63) is 62.6 Å². The lowest BCUT2D eigenvalue weighted by atomic mass is 10.2. The van der Waals surface area contributed by atoms with Gasteiger partial charge in [0.05, 0.1) is 27.2 Å². The summed E-state index contributed by atoms with van der Waals surface area (Å²) in [7, 11) is 1.59. The van der Waals surface area contributed by atoms with Gasteiger partial charge in [0.25, 0.3) is 5.69 Å². The van der Waals surface area contributed by atoms with Crippen LogP contribution in [0, 0.1) is 10.1 Å². The Labute approximate surface area is 142 Å². The van der Waals surface area contributed by atoms with E-state index in [4.69, 9.17) is 23.2 Å². The van der Waals surface area contributed by atoms with E-state index in [1.165, 1.54) is 11.0 Å². The Morgan fingerprint density at radius 2 is 1.78 bits per heavy atom. The molecular formula is C15H13Cl2N3O3. The van der Waals surface area contributed by atoms with Gasteiger partial charge in [0.15, 0.2) is 0 Å². The van der Waals surface area contributed by atoms with Crippen molar-refractivity contribution in [2.24, 2.45) is 0 Å². The Morgan fingerprint density at radius 3 is 2.39 bits per heavy atom. The molecule has 8 heteroatoms. The molecule has 1 N–H and O–H groups in total. The van der Waals surface area contributed by atoms with Gasteiger partial charge in [-0.15, -0.1) is 0 Å². The predicted molar refractivity (Wildman–Crippen MR) is 91.5 cm³/mol. The number of para-hydroxylation sites is 3. The zero-order chi connectivity index (χ0) is 17.0. The maximum atomic E-state index is 12.1. The highest BCUT2D eigenvalue weighted by Crippen LogP contribution is 2.30. The molecule has 0 fully saturated rings. The van der Waals surface area contributed by atoms with Gasteiger partial charge in [0.2, 0.25) is 5.91 Å². The molecule has 2 aromatic rings. The van der Waals surface area contributed by atoms with Crippen molar-refractivity contribution in [2.45, 2.75) is 0 Å². The van der Waals surface area contributed by atoms with Crippen molar-refractivity contribution in [3.63, 3.8) is 0 Å². The van der Waals surface area contributed by atoms with Crippen LogP contribution in [0.2, 0.25) is 10.0 Å². The quantitative estimate of drug-likeness (QED) is 0.651. The summed E-state index contributed by atoms with van der Waals surface area (Å²) in [5.74, 6) is -0.388. The van der Waals surface area contributed by atoms with Gasteiger partial charge < -0.3 is 10.2 Å². The van der Waals surface area contributed by atoms with Crippen LogP contribution in [0.3, 0.4) is 0 Å². The molecule has 0 radical (unpaired) electrons. The van der Waals surface area contributed by atoms with Crippen LogP contribution in [0.5, 0.6) is 0 Å². The minimum absolute atomic E-state index is 0.0708. The molecule has 0 aliphatic carbocycles. The van der Waals surface area contributed by atoms with Crippen LogP contribution >= 0.6 is 23.2 Å². The highest BCUT2D eigenvalue weighted by atomic mass is 35.5. The summed E-state index contributed by atoms with van der Waals surface area (Å²) < 4.78 is 0. The van der Waals surface area contributed by atoms with Gasteiger partial charge in [0, 0.05) is 13.1 Å². The van der Waals surface area contributed by atoms with E-state index >= 15 is 0 Å². The first-order valence-corrected chi connectivity index (χ1v) is 7.34. The number of nitro benzene ring substituents is 1. The fourth-order valence-corrected chi connectivity index (χ4v) is 2.53. The number of rotatable bonds is 5. The molecule has 6 nitrogen and oxygen atoms in total. The standard InChI is InChI=1S/C15H13Cl2N3O3/c1-19(12-7-2-3-8-13(12)20(22)23)9-14(21)18-15-10(16)5-4-6-11(15)17/h2-8H,9H2,1H3,(H,18,21). The van der Waals surface area contributed by atoms with Crippen LogP contribution in [0.1, 0.15) is 0 Å². The normalized spacial score (nSPS) is 10.2. The van der Waals surface area contributed by atoms with Gasteiger partial charge >= 0.3 is 0 Å². The summed E-state index contributed by atoms with van der Waals surface area (Å²) >= 11 is 12.0. The lowest BCUT2D eigenvalue weighted by Crippen LogP contribution is -2.30. The Morgan fingerprint density at radius 1 is 1.17 bits per heavy atom. The maximum Gasteiger partial charge on any atom is 0.292 e. The molecule has 0 spiro atoms. The van der Waals surface area contributed by atoms with Gasteiger partial charge in [-0.1, -0.05) is 41.4 Å². The predicted octanol–water partition coefficient (Wildman–Crippen LogP) is 3.98. The number of anilines is 2. The van der Waals surface area contributed by atoms with Crippen molar-refractivity contribution in [1.29, 1.82) is 0 Å². The van der Waals surface area contributed by atoms with Crippen molar-refractivity contribution in [2.75, 3.05) is 23.8 Å². The fourth-order valence-electron chi connectivity index (χ4n) is 2.04. The van der Waals surface area contributed by atoms with Crippen LogP contribution in [0.4, 0.5) is 17.1 Å². The summed E-state index contributed by atoms with van der Waals surface area (Å²) in [4.78, 5) is 24.2. The second kappa shape index (κ2) is 7.30. The Hall–Kier alpha value is -2.31. The Balaban J connectivity index is 2.13. The van der Waals surface area contributed by atoms with Crippen molar-refractivity contribution < 1.29 is 9.72 Å². The number of halogens is 2. The minimum atomic E-state index is -0.491. The Kier molecular flexibility index (Phi) is 5.41. The van der Waals surface area contributed by atoms with Crippen molar-refractivity contribution in [3.8, 4) is 0 Å². The van der Waals surface area contributed by atoms with Crippen LogP contribution in [0.15, 0.2) is 42.5 Å². The molecule has 1 amide bonds. The first kappa shape index (κ1) is 17.1.